The number of guanidine groups is 1. The Morgan fingerprint density at radius 1 is 1.15 bits per heavy atom. The van der Waals surface area contributed by atoms with Gasteiger partial charge in [0, 0.05) is 31.6 Å². The lowest BCUT2D eigenvalue weighted by Crippen LogP contribution is -2.39. The molecular formula is C18H22ClIN6O. The number of aliphatic imine (C=N–C) groups is 1. The molecular weight excluding hydrogens is 479 g/mol. The molecule has 2 aromatic heterocycles. The third-order valence-electron chi connectivity index (χ3n) is 3.80. The second-order valence-corrected chi connectivity index (χ2v) is 6.01. The van der Waals surface area contributed by atoms with Crippen LogP contribution >= 0.6 is 35.6 Å². The highest BCUT2D eigenvalue weighted by Crippen LogP contribution is 2.15. The van der Waals surface area contributed by atoms with Crippen molar-refractivity contribution in [2.75, 3.05) is 20.1 Å². The summed E-state index contributed by atoms with van der Waals surface area (Å²) in [7, 11) is 1.74. The van der Waals surface area contributed by atoms with Gasteiger partial charge in [-0.15, -0.1) is 24.0 Å². The summed E-state index contributed by atoms with van der Waals surface area (Å²) in [5.74, 6) is 2.74. The van der Waals surface area contributed by atoms with Gasteiger partial charge in [-0.25, -0.2) is 4.98 Å². The molecule has 0 bridgehead atoms. The number of furan rings is 1. The summed E-state index contributed by atoms with van der Waals surface area (Å²) in [4.78, 5) is 8.63. The van der Waals surface area contributed by atoms with Crippen LogP contribution in [-0.2, 0) is 12.8 Å². The smallest absolute Gasteiger partial charge is 0.216 e. The Labute approximate surface area is 180 Å². The maximum absolute atomic E-state index is 6.17. The fourth-order valence-electron chi connectivity index (χ4n) is 2.46. The van der Waals surface area contributed by atoms with E-state index in [2.05, 4.69) is 30.8 Å². The van der Waals surface area contributed by atoms with Crippen molar-refractivity contribution >= 4 is 41.5 Å². The van der Waals surface area contributed by atoms with Crippen molar-refractivity contribution in [1.29, 1.82) is 0 Å². The fourth-order valence-corrected chi connectivity index (χ4v) is 2.69. The predicted octanol–water partition coefficient (Wildman–Crippen LogP) is 3.29. The first-order valence-corrected chi connectivity index (χ1v) is 8.77. The average Bonchev–Trinajstić information content (AvgIpc) is 3.33. The predicted molar refractivity (Wildman–Crippen MR) is 118 cm³/mol. The van der Waals surface area contributed by atoms with Crippen molar-refractivity contribution in [3.8, 4) is 11.6 Å². The lowest BCUT2D eigenvalue weighted by molar-refractivity contribution is 0.577. The molecule has 0 unspecified atom stereocenters. The molecule has 0 radical (unpaired) electrons. The molecule has 1 aromatic carbocycles. The molecule has 0 amide bonds. The van der Waals surface area contributed by atoms with E-state index in [-0.39, 0.29) is 24.0 Å². The lowest BCUT2D eigenvalue weighted by Gasteiger charge is -2.11. The van der Waals surface area contributed by atoms with Gasteiger partial charge < -0.3 is 15.1 Å². The maximum atomic E-state index is 6.17. The fraction of sp³-hybridized carbons (Fsp3) is 0.278. The minimum Gasteiger partial charge on any atom is -0.461 e. The summed E-state index contributed by atoms with van der Waals surface area (Å²) >= 11 is 6.17. The molecule has 7 nitrogen and oxygen atoms in total. The highest BCUT2D eigenvalue weighted by Gasteiger charge is 2.08. The molecule has 3 N–H and O–H groups in total. The van der Waals surface area contributed by atoms with Gasteiger partial charge in [0.1, 0.15) is 5.82 Å². The molecule has 0 spiro atoms. The molecule has 0 fully saturated rings. The van der Waals surface area contributed by atoms with Gasteiger partial charge in [-0.1, -0.05) is 29.8 Å². The highest BCUT2D eigenvalue weighted by molar-refractivity contribution is 14.0. The molecule has 144 valence electrons. The molecule has 0 aliphatic heterocycles. The number of hydrogen-bond donors (Lipinski definition) is 3. The zero-order valence-electron chi connectivity index (χ0n) is 14.9. The topological polar surface area (TPSA) is 91.1 Å². The second-order valence-electron chi connectivity index (χ2n) is 5.60. The van der Waals surface area contributed by atoms with E-state index in [1.165, 1.54) is 0 Å². The van der Waals surface area contributed by atoms with Crippen molar-refractivity contribution in [3.63, 3.8) is 0 Å². The van der Waals surface area contributed by atoms with Crippen LogP contribution in [0.4, 0.5) is 0 Å². The van der Waals surface area contributed by atoms with E-state index >= 15 is 0 Å². The largest absolute Gasteiger partial charge is 0.461 e. The Morgan fingerprint density at radius 3 is 2.63 bits per heavy atom. The summed E-state index contributed by atoms with van der Waals surface area (Å²) in [6.45, 7) is 1.42. The van der Waals surface area contributed by atoms with Crippen molar-refractivity contribution in [2.24, 2.45) is 4.99 Å². The normalized spacial score (nSPS) is 11.1. The zero-order valence-corrected chi connectivity index (χ0v) is 18.0. The number of rotatable bonds is 7. The third kappa shape index (κ3) is 6.24. The zero-order chi connectivity index (χ0) is 18.2. The van der Waals surface area contributed by atoms with Crippen molar-refractivity contribution < 1.29 is 4.42 Å². The third-order valence-corrected chi connectivity index (χ3v) is 4.16. The molecule has 27 heavy (non-hydrogen) atoms. The lowest BCUT2D eigenvalue weighted by atomic mass is 10.1. The summed E-state index contributed by atoms with van der Waals surface area (Å²) in [6.07, 6.45) is 3.12. The standard InChI is InChI=1S/C18H21ClN6O.HI/c1-20-18(21-10-8-13-5-2-3-6-14(13)19)22-11-9-16-23-17(25-24-16)15-7-4-12-26-15;/h2-7,12H,8-11H2,1H3,(H2,20,21,22)(H,23,24,25);1H. The van der Waals surface area contributed by atoms with E-state index in [1.54, 1.807) is 13.3 Å². The van der Waals surface area contributed by atoms with Gasteiger partial charge >= 0.3 is 0 Å². The Bertz CT molecular complexity index is 849. The van der Waals surface area contributed by atoms with Crippen LogP contribution in [0, 0.1) is 0 Å². The Kier molecular flexibility index (Phi) is 8.59. The summed E-state index contributed by atoms with van der Waals surface area (Å²) in [6, 6.07) is 11.5. The quantitative estimate of drug-likeness (QED) is 0.263. The van der Waals surface area contributed by atoms with Gasteiger partial charge in [-0.3, -0.25) is 10.1 Å². The number of nitrogens with zero attached hydrogens (tertiary/aromatic N) is 3. The number of halogens is 2. The average molecular weight is 501 g/mol. The highest BCUT2D eigenvalue weighted by atomic mass is 127. The molecule has 0 aliphatic carbocycles. The van der Waals surface area contributed by atoms with E-state index in [4.69, 9.17) is 16.0 Å². The van der Waals surface area contributed by atoms with Crippen molar-refractivity contribution in [1.82, 2.24) is 25.8 Å². The van der Waals surface area contributed by atoms with Crippen LogP contribution in [0.2, 0.25) is 5.02 Å². The monoisotopic (exact) mass is 500 g/mol. The maximum Gasteiger partial charge on any atom is 0.216 e. The van der Waals surface area contributed by atoms with E-state index in [0.29, 0.717) is 24.6 Å². The van der Waals surface area contributed by atoms with E-state index in [0.717, 1.165) is 35.3 Å². The first-order chi connectivity index (χ1) is 12.8. The van der Waals surface area contributed by atoms with E-state index < -0.39 is 0 Å². The molecule has 3 aromatic rings. The summed E-state index contributed by atoms with van der Waals surface area (Å²) in [5, 5.41) is 14.4. The summed E-state index contributed by atoms with van der Waals surface area (Å²) < 4.78 is 5.28. The molecule has 9 heteroatoms. The molecule has 3 rings (SSSR count). The van der Waals surface area contributed by atoms with Crippen LogP contribution in [0.1, 0.15) is 11.4 Å². The number of aromatic amines is 1. The molecule has 0 aliphatic rings. The molecule has 0 atom stereocenters. The Morgan fingerprint density at radius 2 is 1.93 bits per heavy atom. The van der Waals surface area contributed by atoms with Crippen molar-refractivity contribution in [2.45, 2.75) is 12.8 Å². The van der Waals surface area contributed by atoms with Gasteiger partial charge in [0.2, 0.25) is 5.82 Å². The van der Waals surface area contributed by atoms with Crippen LogP contribution < -0.4 is 10.6 Å². The van der Waals surface area contributed by atoms with E-state index in [9.17, 15) is 0 Å². The van der Waals surface area contributed by atoms with Gasteiger partial charge in [0.25, 0.3) is 0 Å². The van der Waals surface area contributed by atoms with Gasteiger partial charge in [-0.2, -0.15) is 5.10 Å². The second kappa shape index (κ2) is 10.9. The van der Waals surface area contributed by atoms with Gasteiger partial charge in [0.15, 0.2) is 11.7 Å². The number of aromatic nitrogens is 3. The SMILES string of the molecule is CN=C(NCCc1nc(-c2ccco2)n[nH]1)NCCc1ccccc1Cl.I. The van der Waals surface area contributed by atoms with Gasteiger partial charge in [-0.05, 0) is 30.2 Å². The Hall–Kier alpha value is -2.07. The van der Waals surface area contributed by atoms with E-state index in [1.807, 2.05) is 36.4 Å². The summed E-state index contributed by atoms with van der Waals surface area (Å²) in [5.41, 5.74) is 1.12. The Balaban J connectivity index is 0.00000261. The number of benzene rings is 1. The molecule has 2 heterocycles. The first-order valence-electron chi connectivity index (χ1n) is 8.39. The number of H-pyrrole nitrogens is 1. The van der Waals surface area contributed by atoms with Crippen LogP contribution in [-0.4, -0.2) is 41.3 Å². The van der Waals surface area contributed by atoms with Crippen LogP contribution in [0.25, 0.3) is 11.6 Å². The first kappa shape index (κ1) is 21.2. The van der Waals surface area contributed by atoms with Crippen LogP contribution in [0.15, 0.2) is 52.1 Å². The molecule has 0 saturated carbocycles. The van der Waals surface area contributed by atoms with Gasteiger partial charge in [0.05, 0.1) is 6.26 Å². The minimum absolute atomic E-state index is 0. The van der Waals surface area contributed by atoms with Crippen molar-refractivity contribution in [3.05, 3.63) is 59.1 Å². The number of nitrogens with one attached hydrogen (secondary N) is 3. The van der Waals surface area contributed by atoms with Crippen LogP contribution in [0.3, 0.4) is 0 Å². The van der Waals surface area contributed by atoms with Crippen LogP contribution in [0.5, 0.6) is 0 Å². The minimum atomic E-state index is 0. The number of hydrogen-bond acceptors (Lipinski definition) is 4. The molecule has 0 saturated heterocycles.